The molecule has 0 amide bonds. The number of aryl methyl sites for hydroxylation is 3. The van der Waals surface area contributed by atoms with Gasteiger partial charge in [-0.25, -0.2) is 0 Å². The van der Waals surface area contributed by atoms with Gasteiger partial charge in [0.05, 0.1) is 0 Å². The summed E-state index contributed by atoms with van der Waals surface area (Å²) < 4.78 is 1.17. The fourth-order valence-electron chi connectivity index (χ4n) is 2.32. The molecule has 0 spiro atoms. The van der Waals surface area contributed by atoms with Gasteiger partial charge in [-0.3, -0.25) is 4.98 Å². The van der Waals surface area contributed by atoms with E-state index >= 15 is 0 Å². The lowest BCUT2D eigenvalue weighted by Crippen LogP contribution is -2.14. The van der Waals surface area contributed by atoms with Crippen molar-refractivity contribution in [2.24, 2.45) is 5.73 Å². The van der Waals surface area contributed by atoms with E-state index in [4.69, 9.17) is 5.73 Å². The first-order chi connectivity index (χ1) is 9.51. The van der Waals surface area contributed by atoms with E-state index in [9.17, 15) is 0 Å². The molecule has 3 heteroatoms. The summed E-state index contributed by atoms with van der Waals surface area (Å²) in [5.41, 5.74) is 12.3. The topological polar surface area (TPSA) is 38.9 Å². The molecular formula is C17H21BrN2. The van der Waals surface area contributed by atoms with Crippen LogP contribution in [0.15, 0.2) is 34.9 Å². The number of halogens is 1. The van der Waals surface area contributed by atoms with Crippen LogP contribution in [0, 0.1) is 13.8 Å². The van der Waals surface area contributed by atoms with E-state index in [0.717, 1.165) is 18.5 Å². The maximum absolute atomic E-state index is 6.33. The molecule has 1 aromatic carbocycles. The molecule has 1 atom stereocenters. The predicted molar refractivity (Wildman–Crippen MR) is 87.9 cm³/mol. The second-order valence-electron chi connectivity index (χ2n) is 5.29. The van der Waals surface area contributed by atoms with Crippen molar-refractivity contribution in [1.29, 1.82) is 0 Å². The first-order valence-corrected chi connectivity index (χ1v) is 7.76. The van der Waals surface area contributed by atoms with Crippen molar-refractivity contribution in [1.82, 2.24) is 4.98 Å². The number of nitrogens with two attached hydrogens (primary N) is 1. The van der Waals surface area contributed by atoms with Crippen LogP contribution in [0.25, 0.3) is 0 Å². The first kappa shape index (κ1) is 15.2. The zero-order valence-electron chi connectivity index (χ0n) is 12.3. The van der Waals surface area contributed by atoms with Crippen molar-refractivity contribution in [3.05, 3.63) is 62.9 Å². The quantitative estimate of drug-likeness (QED) is 0.908. The van der Waals surface area contributed by atoms with Gasteiger partial charge in [-0.1, -0.05) is 41.1 Å². The minimum absolute atomic E-state index is 0.0134. The van der Waals surface area contributed by atoms with Crippen LogP contribution < -0.4 is 5.73 Å². The van der Waals surface area contributed by atoms with Crippen molar-refractivity contribution in [3.63, 3.8) is 0 Å². The van der Waals surface area contributed by atoms with Gasteiger partial charge in [-0.15, -0.1) is 0 Å². The van der Waals surface area contributed by atoms with Crippen molar-refractivity contribution < 1.29 is 0 Å². The Kier molecular flexibility index (Phi) is 4.95. The van der Waals surface area contributed by atoms with Gasteiger partial charge in [0.1, 0.15) is 0 Å². The molecule has 20 heavy (non-hydrogen) atoms. The predicted octanol–water partition coefficient (Wildman–Crippen LogP) is 4.27. The summed E-state index contributed by atoms with van der Waals surface area (Å²) in [6.07, 6.45) is 3.73. The maximum atomic E-state index is 6.33. The highest BCUT2D eigenvalue weighted by atomic mass is 79.9. The summed E-state index contributed by atoms with van der Waals surface area (Å²) in [6.45, 7) is 6.33. The molecule has 0 saturated heterocycles. The van der Waals surface area contributed by atoms with Crippen LogP contribution in [0.3, 0.4) is 0 Å². The molecular weight excluding hydrogens is 312 g/mol. The lowest BCUT2D eigenvalue weighted by atomic mass is 9.98. The lowest BCUT2D eigenvalue weighted by Gasteiger charge is -2.15. The second-order valence-corrected chi connectivity index (χ2v) is 6.08. The van der Waals surface area contributed by atoms with Crippen molar-refractivity contribution in [3.8, 4) is 0 Å². The number of hydrogen-bond donors (Lipinski definition) is 1. The third-order valence-corrected chi connectivity index (χ3v) is 4.86. The summed E-state index contributed by atoms with van der Waals surface area (Å²) in [6, 6.07) is 8.51. The van der Waals surface area contributed by atoms with E-state index in [1.54, 1.807) is 0 Å². The van der Waals surface area contributed by atoms with E-state index < -0.39 is 0 Å². The molecule has 1 heterocycles. The summed E-state index contributed by atoms with van der Waals surface area (Å²) in [7, 11) is 0. The Balaban J connectivity index is 2.16. The van der Waals surface area contributed by atoms with E-state index in [-0.39, 0.29) is 6.04 Å². The van der Waals surface area contributed by atoms with Crippen LogP contribution in [-0.4, -0.2) is 4.98 Å². The van der Waals surface area contributed by atoms with Gasteiger partial charge in [0, 0.05) is 28.8 Å². The monoisotopic (exact) mass is 332 g/mol. The van der Waals surface area contributed by atoms with Gasteiger partial charge in [-0.05, 0) is 48.6 Å². The minimum atomic E-state index is -0.0134. The Labute approximate surface area is 129 Å². The SMILES string of the molecule is CCc1ccc(CC(N)c2cc(C)c(Br)c(C)c2)nc1. The molecule has 106 valence electrons. The Hall–Kier alpha value is -1.19. The van der Waals surface area contributed by atoms with E-state index in [2.05, 4.69) is 66.0 Å². The molecule has 0 aliphatic heterocycles. The van der Waals surface area contributed by atoms with Crippen LogP contribution in [0.2, 0.25) is 0 Å². The van der Waals surface area contributed by atoms with E-state index in [0.29, 0.717) is 0 Å². The van der Waals surface area contributed by atoms with Crippen LogP contribution in [0.1, 0.15) is 40.9 Å². The fraction of sp³-hybridized carbons (Fsp3) is 0.353. The zero-order chi connectivity index (χ0) is 14.7. The summed E-state index contributed by atoms with van der Waals surface area (Å²) in [4.78, 5) is 4.49. The Bertz CT molecular complexity index is 567. The molecule has 2 rings (SSSR count). The average molecular weight is 333 g/mol. The molecule has 2 N–H and O–H groups in total. The number of aromatic nitrogens is 1. The Morgan fingerprint density at radius 3 is 2.35 bits per heavy atom. The van der Waals surface area contributed by atoms with Crippen LogP contribution in [0.4, 0.5) is 0 Å². The molecule has 2 aromatic rings. The molecule has 0 aliphatic carbocycles. The van der Waals surface area contributed by atoms with Crippen LogP contribution >= 0.6 is 15.9 Å². The van der Waals surface area contributed by atoms with Gasteiger partial charge in [0.15, 0.2) is 0 Å². The Morgan fingerprint density at radius 1 is 1.20 bits per heavy atom. The smallest absolute Gasteiger partial charge is 0.0422 e. The van der Waals surface area contributed by atoms with Gasteiger partial charge >= 0.3 is 0 Å². The van der Waals surface area contributed by atoms with Gasteiger partial charge < -0.3 is 5.73 Å². The standard InChI is InChI=1S/C17H21BrN2/c1-4-13-5-6-15(20-10-13)9-16(19)14-7-11(2)17(18)12(3)8-14/h5-8,10,16H,4,9,19H2,1-3H3. The lowest BCUT2D eigenvalue weighted by molar-refractivity contribution is 0.704. The highest BCUT2D eigenvalue weighted by molar-refractivity contribution is 9.10. The van der Waals surface area contributed by atoms with Gasteiger partial charge in [-0.2, -0.15) is 0 Å². The van der Waals surface area contributed by atoms with E-state index in [1.807, 2.05) is 6.20 Å². The molecule has 1 aromatic heterocycles. The minimum Gasteiger partial charge on any atom is -0.324 e. The summed E-state index contributed by atoms with van der Waals surface area (Å²) >= 11 is 3.59. The Morgan fingerprint density at radius 2 is 1.85 bits per heavy atom. The highest BCUT2D eigenvalue weighted by Crippen LogP contribution is 2.26. The number of hydrogen-bond acceptors (Lipinski definition) is 2. The van der Waals surface area contributed by atoms with Crippen LogP contribution in [-0.2, 0) is 12.8 Å². The molecule has 0 radical (unpaired) electrons. The summed E-state index contributed by atoms with van der Waals surface area (Å²) in [5, 5.41) is 0. The second kappa shape index (κ2) is 6.51. The van der Waals surface area contributed by atoms with Crippen LogP contribution in [0.5, 0.6) is 0 Å². The summed E-state index contributed by atoms with van der Waals surface area (Å²) in [5.74, 6) is 0. The molecule has 0 saturated carbocycles. The fourth-order valence-corrected chi connectivity index (χ4v) is 2.55. The third-order valence-electron chi connectivity index (χ3n) is 3.61. The molecule has 1 unspecified atom stereocenters. The number of benzene rings is 1. The number of pyridine rings is 1. The van der Waals surface area contributed by atoms with Crippen molar-refractivity contribution >= 4 is 15.9 Å². The average Bonchev–Trinajstić information content (AvgIpc) is 2.45. The number of nitrogens with zero attached hydrogens (tertiary/aromatic N) is 1. The first-order valence-electron chi connectivity index (χ1n) is 6.97. The molecule has 0 bridgehead atoms. The number of rotatable bonds is 4. The zero-order valence-corrected chi connectivity index (χ0v) is 13.9. The van der Waals surface area contributed by atoms with Crippen molar-refractivity contribution in [2.45, 2.75) is 39.7 Å². The molecule has 2 nitrogen and oxygen atoms in total. The van der Waals surface area contributed by atoms with Gasteiger partial charge in [0.25, 0.3) is 0 Å². The largest absolute Gasteiger partial charge is 0.324 e. The molecule has 0 fully saturated rings. The van der Waals surface area contributed by atoms with Gasteiger partial charge in [0.2, 0.25) is 0 Å². The van der Waals surface area contributed by atoms with Crippen molar-refractivity contribution in [2.75, 3.05) is 0 Å². The normalized spacial score (nSPS) is 12.4. The maximum Gasteiger partial charge on any atom is 0.0422 e. The van der Waals surface area contributed by atoms with E-state index in [1.165, 1.54) is 26.7 Å². The molecule has 0 aliphatic rings. The third kappa shape index (κ3) is 3.47. The highest BCUT2D eigenvalue weighted by Gasteiger charge is 2.11.